The summed E-state index contributed by atoms with van der Waals surface area (Å²) < 4.78 is 1.79. The van der Waals surface area contributed by atoms with E-state index in [9.17, 15) is 4.79 Å². The lowest BCUT2D eigenvalue weighted by atomic mass is 10.1. The van der Waals surface area contributed by atoms with E-state index in [2.05, 4.69) is 15.4 Å². The molecule has 2 aromatic heterocycles. The number of nitrogens with one attached hydrogen (secondary N) is 1. The summed E-state index contributed by atoms with van der Waals surface area (Å²) in [6.45, 7) is 5.12. The predicted molar refractivity (Wildman–Crippen MR) is 85.8 cm³/mol. The molecule has 0 atom stereocenters. The van der Waals surface area contributed by atoms with Crippen LogP contribution in [0.1, 0.15) is 21.6 Å². The molecular weight excluding hydrogens is 276 g/mol. The largest absolute Gasteiger partial charge is 0.350 e. The van der Waals surface area contributed by atoms with E-state index in [1.54, 1.807) is 10.9 Å². The molecule has 1 amide bonds. The summed E-state index contributed by atoms with van der Waals surface area (Å²) in [5, 5.41) is 7.94. The number of hydrogen-bond acceptors (Lipinski definition) is 3. The highest BCUT2D eigenvalue weighted by atomic mass is 16.1. The number of carbonyl (C=O) groups is 1. The second-order valence-corrected chi connectivity index (χ2v) is 5.36. The van der Waals surface area contributed by atoms with Gasteiger partial charge in [-0.1, -0.05) is 12.1 Å². The third kappa shape index (κ3) is 2.98. The molecule has 2 heterocycles. The SMILES string of the molecule is Cc1ccc2c(C(=O)NCCn3cccn3)cc(C)nc2c1. The molecule has 3 aromatic rings. The molecule has 1 N–H and O–H groups in total. The molecule has 1 aromatic carbocycles. The van der Waals surface area contributed by atoms with E-state index in [0.717, 1.165) is 22.2 Å². The number of fused-ring (bicyclic) bond motifs is 1. The molecular formula is C17H18N4O. The lowest BCUT2D eigenvalue weighted by Gasteiger charge is -2.09. The molecule has 5 nitrogen and oxygen atoms in total. The average Bonchev–Trinajstić information content (AvgIpc) is 2.99. The molecule has 5 heteroatoms. The molecule has 0 unspecified atom stereocenters. The Kier molecular flexibility index (Phi) is 3.87. The molecule has 0 spiro atoms. The van der Waals surface area contributed by atoms with Crippen LogP contribution >= 0.6 is 0 Å². The van der Waals surface area contributed by atoms with Gasteiger partial charge < -0.3 is 5.32 Å². The van der Waals surface area contributed by atoms with Crippen LogP contribution in [0.3, 0.4) is 0 Å². The van der Waals surface area contributed by atoms with Crippen molar-refractivity contribution in [3.63, 3.8) is 0 Å². The first-order valence-electron chi connectivity index (χ1n) is 7.27. The zero-order valence-corrected chi connectivity index (χ0v) is 12.7. The van der Waals surface area contributed by atoms with E-state index in [1.165, 1.54) is 0 Å². The highest BCUT2D eigenvalue weighted by molar-refractivity contribution is 6.06. The number of nitrogens with zero attached hydrogens (tertiary/aromatic N) is 3. The van der Waals surface area contributed by atoms with Crippen LogP contribution in [0.4, 0.5) is 0 Å². The van der Waals surface area contributed by atoms with Crippen molar-refractivity contribution in [2.24, 2.45) is 0 Å². The summed E-state index contributed by atoms with van der Waals surface area (Å²) in [6, 6.07) is 9.66. The lowest BCUT2D eigenvalue weighted by Crippen LogP contribution is -2.27. The van der Waals surface area contributed by atoms with Gasteiger partial charge >= 0.3 is 0 Å². The molecule has 3 rings (SSSR count). The van der Waals surface area contributed by atoms with Crippen LogP contribution in [0.2, 0.25) is 0 Å². The third-order valence-corrected chi connectivity index (χ3v) is 3.52. The predicted octanol–water partition coefficient (Wildman–Crippen LogP) is 2.48. The van der Waals surface area contributed by atoms with Crippen molar-refractivity contribution >= 4 is 16.8 Å². The fourth-order valence-electron chi connectivity index (χ4n) is 2.47. The summed E-state index contributed by atoms with van der Waals surface area (Å²) in [5.41, 5.74) is 3.51. The van der Waals surface area contributed by atoms with Crippen molar-refractivity contribution < 1.29 is 4.79 Å². The Bertz CT molecular complexity index is 804. The van der Waals surface area contributed by atoms with Crippen molar-refractivity contribution in [2.75, 3.05) is 6.54 Å². The second-order valence-electron chi connectivity index (χ2n) is 5.36. The van der Waals surface area contributed by atoms with Crippen LogP contribution in [0.15, 0.2) is 42.7 Å². The van der Waals surface area contributed by atoms with Gasteiger partial charge in [0.1, 0.15) is 0 Å². The van der Waals surface area contributed by atoms with E-state index < -0.39 is 0 Å². The number of rotatable bonds is 4. The molecule has 0 aliphatic carbocycles. The van der Waals surface area contributed by atoms with Gasteiger partial charge in [-0.3, -0.25) is 14.5 Å². The zero-order valence-electron chi connectivity index (χ0n) is 12.7. The Balaban J connectivity index is 1.81. The topological polar surface area (TPSA) is 59.8 Å². The summed E-state index contributed by atoms with van der Waals surface area (Å²) in [6.07, 6.45) is 3.60. The van der Waals surface area contributed by atoms with Gasteiger partial charge in [-0.25, -0.2) is 0 Å². The molecule has 0 bridgehead atoms. The number of aromatic nitrogens is 3. The smallest absolute Gasteiger partial charge is 0.252 e. The van der Waals surface area contributed by atoms with Crippen molar-refractivity contribution in [3.8, 4) is 0 Å². The summed E-state index contributed by atoms with van der Waals surface area (Å²) in [7, 11) is 0. The molecule has 112 valence electrons. The van der Waals surface area contributed by atoms with E-state index >= 15 is 0 Å². The maximum Gasteiger partial charge on any atom is 0.252 e. The quantitative estimate of drug-likeness (QED) is 0.804. The molecule has 0 saturated carbocycles. The van der Waals surface area contributed by atoms with E-state index in [0.29, 0.717) is 18.7 Å². The van der Waals surface area contributed by atoms with E-state index in [4.69, 9.17) is 0 Å². The molecule has 22 heavy (non-hydrogen) atoms. The maximum absolute atomic E-state index is 12.5. The minimum Gasteiger partial charge on any atom is -0.350 e. The number of carbonyl (C=O) groups excluding carboxylic acids is 1. The van der Waals surface area contributed by atoms with Gasteiger partial charge in [-0.2, -0.15) is 5.10 Å². The zero-order chi connectivity index (χ0) is 15.5. The molecule has 0 saturated heterocycles. The third-order valence-electron chi connectivity index (χ3n) is 3.52. The number of hydrogen-bond donors (Lipinski definition) is 1. The first-order chi connectivity index (χ1) is 10.6. The minimum atomic E-state index is -0.0773. The summed E-state index contributed by atoms with van der Waals surface area (Å²) >= 11 is 0. The summed E-state index contributed by atoms with van der Waals surface area (Å²) in [5.74, 6) is -0.0773. The van der Waals surface area contributed by atoms with Gasteiger partial charge in [0, 0.05) is 30.0 Å². The van der Waals surface area contributed by atoms with Crippen LogP contribution < -0.4 is 5.32 Å². The van der Waals surface area contributed by atoms with Crippen molar-refractivity contribution in [2.45, 2.75) is 20.4 Å². The number of amides is 1. The second kappa shape index (κ2) is 5.97. The normalized spacial score (nSPS) is 10.8. The van der Waals surface area contributed by atoms with Crippen LogP contribution in [-0.4, -0.2) is 27.2 Å². The highest BCUT2D eigenvalue weighted by Gasteiger charge is 2.11. The Labute approximate surface area is 129 Å². The van der Waals surface area contributed by atoms with Crippen LogP contribution in [-0.2, 0) is 6.54 Å². The van der Waals surface area contributed by atoms with E-state index in [-0.39, 0.29) is 5.91 Å². The van der Waals surface area contributed by atoms with Gasteiger partial charge in [-0.15, -0.1) is 0 Å². The first kappa shape index (κ1) is 14.3. The Hall–Kier alpha value is -2.69. The molecule has 0 aliphatic heterocycles. The standard InChI is InChI=1S/C17H18N4O/c1-12-4-5-14-15(11-13(2)20-16(14)10-12)17(22)18-7-9-21-8-3-6-19-21/h3-6,8,10-11H,7,9H2,1-2H3,(H,18,22). The number of benzene rings is 1. The van der Waals surface area contributed by atoms with E-state index in [1.807, 2.05) is 50.4 Å². The first-order valence-corrected chi connectivity index (χ1v) is 7.27. The van der Waals surface area contributed by atoms with Crippen molar-refractivity contribution in [3.05, 3.63) is 59.5 Å². The monoisotopic (exact) mass is 294 g/mol. The molecule has 0 aliphatic rings. The van der Waals surface area contributed by atoms with Gasteiger partial charge in [0.25, 0.3) is 5.91 Å². The molecule has 0 fully saturated rings. The average molecular weight is 294 g/mol. The Morgan fingerprint density at radius 1 is 1.27 bits per heavy atom. The fourth-order valence-corrected chi connectivity index (χ4v) is 2.47. The Morgan fingerprint density at radius 3 is 2.91 bits per heavy atom. The van der Waals surface area contributed by atoms with Gasteiger partial charge in [0.05, 0.1) is 17.6 Å². The summed E-state index contributed by atoms with van der Waals surface area (Å²) in [4.78, 5) is 17.0. The van der Waals surface area contributed by atoms with Gasteiger partial charge in [-0.05, 0) is 37.6 Å². The number of aryl methyl sites for hydroxylation is 2. The number of pyridine rings is 1. The van der Waals surface area contributed by atoms with Crippen molar-refractivity contribution in [1.82, 2.24) is 20.1 Å². The Morgan fingerprint density at radius 2 is 2.14 bits per heavy atom. The fraction of sp³-hybridized carbons (Fsp3) is 0.235. The van der Waals surface area contributed by atoms with Crippen LogP contribution in [0.5, 0.6) is 0 Å². The molecule has 0 radical (unpaired) electrons. The highest BCUT2D eigenvalue weighted by Crippen LogP contribution is 2.19. The van der Waals surface area contributed by atoms with Crippen molar-refractivity contribution in [1.29, 1.82) is 0 Å². The van der Waals surface area contributed by atoms with Crippen LogP contribution in [0, 0.1) is 13.8 Å². The van der Waals surface area contributed by atoms with Crippen LogP contribution in [0.25, 0.3) is 10.9 Å². The van der Waals surface area contributed by atoms with Gasteiger partial charge in [0.2, 0.25) is 0 Å². The van der Waals surface area contributed by atoms with Gasteiger partial charge in [0.15, 0.2) is 0 Å². The minimum absolute atomic E-state index is 0.0773. The lowest BCUT2D eigenvalue weighted by molar-refractivity contribution is 0.0953. The maximum atomic E-state index is 12.5.